The lowest BCUT2D eigenvalue weighted by molar-refractivity contribution is -0.139. The Morgan fingerprint density at radius 2 is 1.75 bits per heavy atom. The lowest BCUT2D eigenvalue weighted by Gasteiger charge is -2.44. The Bertz CT molecular complexity index is 361. The fourth-order valence-electron chi connectivity index (χ4n) is 2.91. The van der Waals surface area contributed by atoms with Crippen LogP contribution in [0.15, 0.2) is 0 Å². The van der Waals surface area contributed by atoms with Crippen LogP contribution in [-0.2, 0) is 4.79 Å². The zero-order valence-corrected chi connectivity index (χ0v) is 12.4. The van der Waals surface area contributed by atoms with Gasteiger partial charge in [0, 0.05) is 51.2 Å². The van der Waals surface area contributed by atoms with Crippen LogP contribution in [0.4, 0.5) is 4.79 Å². The average Bonchev–Trinajstić information content (AvgIpc) is 2.40. The summed E-state index contributed by atoms with van der Waals surface area (Å²) in [6, 6.07) is 0.659. The Morgan fingerprint density at radius 3 is 2.25 bits per heavy atom. The molecule has 0 aromatic rings. The Kier molecular flexibility index (Phi) is 4.86. The second kappa shape index (κ2) is 6.43. The van der Waals surface area contributed by atoms with Crippen molar-refractivity contribution < 1.29 is 14.7 Å². The number of nitrogens with zero attached hydrogens (tertiary/aromatic N) is 3. The van der Waals surface area contributed by atoms with Crippen LogP contribution in [0.1, 0.15) is 26.7 Å². The Hall–Kier alpha value is -1.30. The third-order valence-electron chi connectivity index (χ3n) is 4.49. The maximum absolute atomic E-state index is 12.2. The van der Waals surface area contributed by atoms with Gasteiger partial charge in [-0.15, -0.1) is 0 Å². The first-order valence-electron chi connectivity index (χ1n) is 7.51. The summed E-state index contributed by atoms with van der Waals surface area (Å²) in [5.41, 5.74) is 0. The van der Waals surface area contributed by atoms with Gasteiger partial charge in [0.15, 0.2) is 0 Å². The summed E-state index contributed by atoms with van der Waals surface area (Å²) in [4.78, 5) is 28.9. The summed E-state index contributed by atoms with van der Waals surface area (Å²) in [6.07, 6.45) is 1.31. The molecule has 0 aromatic heterocycles. The van der Waals surface area contributed by atoms with E-state index in [1.54, 1.807) is 4.90 Å². The van der Waals surface area contributed by atoms with Gasteiger partial charge in [-0.25, -0.2) is 4.79 Å². The Labute approximate surface area is 120 Å². The van der Waals surface area contributed by atoms with Crippen molar-refractivity contribution in [2.24, 2.45) is 5.92 Å². The molecule has 1 atom stereocenters. The second-order valence-corrected chi connectivity index (χ2v) is 5.93. The van der Waals surface area contributed by atoms with Gasteiger partial charge >= 0.3 is 12.0 Å². The van der Waals surface area contributed by atoms with E-state index in [1.807, 2.05) is 4.90 Å². The van der Waals surface area contributed by atoms with Gasteiger partial charge in [-0.1, -0.05) is 6.92 Å². The first-order chi connectivity index (χ1) is 9.51. The van der Waals surface area contributed by atoms with E-state index in [0.717, 1.165) is 32.6 Å². The minimum absolute atomic E-state index is 0.0791. The zero-order chi connectivity index (χ0) is 14.7. The normalized spacial score (nSPS) is 22.5. The molecule has 2 saturated heterocycles. The maximum atomic E-state index is 12.2. The van der Waals surface area contributed by atoms with E-state index >= 15 is 0 Å². The molecular weight excluding hydrogens is 258 g/mol. The number of likely N-dealkylation sites (tertiary alicyclic amines) is 1. The highest BCUT2D eigenvalue weighted by Crippen LogP contribution is 2.21. The van der Waals surface area contributed by atoms with Crippen LogP contribution in [0.5, 0.6) is 0 Å². The fourth-order valence-corrected chi connectivity index (χ4v) is 2.91. The molecule has 0 saturated carbocycles. The van der Waals surface area contributed by atoms with Crippen LogP contribution < -0.4 is 0 Å². The number of carbonyl (C=O) groups excluding carboxylic acids is 1. The van der Waals surface area contributed by atoms with Gasteiger partial charge in [-0.2, -0.15) is 0 Å². The first-order valence-corrected chi connectivity index (χ1v) is 7.51. The van der Waals surface area contributed by atoms with Gasteiger partial charge in [0.25, 0.3) is 0 Å². The SMILES string of the molecule is CCC(C)N1CCN(C(=O)N2CC(CC(=O)O)C2)CC1. The Balaban J connectivity index is 1.72. The average molecular weight is 283 g/mol. The number of amides is 2. The molecule has 2 heterocycles. The third-order valence-corrected chi connectivity index (χ3v) is 4.49. The first kappa shape index (κ1) is 15.1. The number of urea groups is 1. The largest absolute Gasteiger partial charge is 0.481 e. The molecule has 0 radical (unpaired) electrons. The van der Waals surface area contributed by atoms with Gasteiger partial charge < -0.3 is 14.9 Å². The highest BCUT2D eigenvalue weighted by Gasteiger charge is 2.35. The molecule has 0 aromatic carbocycles. The topological polar surface area (TPSA) is 64.1 Å². The lowest BCUT2D eigenvalue weighted by Crippen LogP contribution is -2.59. The molecule has 20 heavy (non-hydrogen) atoms. The van der Waals surface area contributed by atoms with Crippen molar-refractivity contribution in [2.45, 2.75) is 32.7 Å². The highest BCUT2D eigenvalue weighted by molar-refractivity contribution is 5.76. The summed E-state index contributed by atoms with van der Waals surface area (Å²) in [5.74, 6) is -0.637. The van der Waals surface area contributed by atoms with Gasteiger partial charge in [0.1, 0.15) is 0 Å². The number of piperazine rings is 1. The number of hydrogen-bond acceptors (Lipinski definition) is 3. The number of carbonyl (C=O) groups is 2. The van der Waals surface area contributed by atoms with Crippen molar-refractivity contribution in [2.75, 3.05) is 39.3 Å². The number of hydrogen-bond donors (Lipinski definition) is 1. The van der Waals surface area contributed by atoms with E-state index in [1.165, 1.54) is 0 Å². The predicted molar refractivity (Wildman–Crippen MR) is 75.6 cm³/mol. The summed E-state index contributed by atoms with van der Waals surface area (Å²) in [6.45, 7) is 9.04. The van der Waals surface area contributed by atoms with E-state index < -0.39 is 5.97 Å². The molecule has 1 unspecified atom stereocenters. The van der Waals surface area contributed by atoms with Crippen LogP contribution in [0.2, 0.25) is 0 Å². The molecule has 2 amide bonds. The molecule has 0 spiro atoms. The van der Waals surface area contributed by atoms with E-state index in [-0.39, 0.29) is 18.4 Å². The molecule has 6 heteroatoms. The molecule has 1 N–H and O–H groups in total. The smallest absolute Gasteiger partial charge is 0.320 e. The van der Waals surface area contributed by atoms with Crippen LogP contribution in [0, 0.1) is 5.92 Å². The minimum Gasteiger partial charge on any atom is -0.481 e. The Morgan fingerprint density at radius 1 is 1.15 bits per heavy atom. The summed E-state index contributed by atoms with van der Waals surface area (Å²) < 4.78 is 0. The van der Waals surface area contributed by atoms with Crippen LogP contribution >= 0.6 is 0 Å². The zero-order valence-electron chi connectivity index (χ0n) is 12.4. The van der Waals surface area contributed by atoms with Crippen molar-refractivity contribution in [3.8, 4) is 0 Å². The number of carboxylic acid groups (broad SMARTS) is 1. The van der Waals surface area contributed by atoms with E-state index in [0.29, 0.717) is 19.1 Å². The summed E-state index contributed by atoms with van der Waals surface area (Å²) >= 11 is 0. The molecule has 2 aliphatic heterocycles. The fraction of sp³-hybridized carbons (Fsp3) is 0.857. The summed E-state index contributed by atoms with van der Waals surface area (Å²) in [5, 5.41) is 8.71. The van der Waals surface area contributed by atoms with E-state index in [9.17, 15) is 9.59 Å². The highest BCUT2D eigenvalue weighted by atomic mass is 16.4. The number of carboxylic acids is 1. The van der Waals surface area contributed by atoms with Crippen molar-refractivity contribution in [3.63, 3.8) is 0 Å². The molecular formula is C14H25N3O3. The number of rotatable bonds is 4. The monoisotopic (exact) mass is 283 g/mol. The van der Waals surface area contributed by atoms with Crippen molar-refractivity contribution in [1.29, 1.82) is 0 Å². The molecule has 6 nitrogen and oxygen atoms in total. The van der Waals surface area contributed by atoms with Crippen LogP contribution in [0.25, 0.3) is 0 Å². The van der Waals surface area contributed by atoms with Gasteiger partial charge in [-0.3, -0.25) is 9.69 Å². The van der Waals surface area contributed by atoms with Gasteiger partial charge in [0.05, 0.1) is 6.42 Å². The van der Waals surface area contributed by atoms with Crippen molar-refractivity contribution in [1.82, 2.24) is 14.7 Å². The summed E-state index contributed by atoms with van der Waals surface area (Å²) in [7, 11) is 0. The molecule has 114 valence electrons. The maximum Gasteiger partial charge on any atom is 0.320 e. The quantitative estimate of drug-likeness (QED) is 0.833. The van der Waals surface area contributed by atoms with E-state index in [2.05, 4.69) is 18.7 Å². The number of aliphatic carboxylic acids is 1. The lowest BCUT2D eigenvalue weighted by atomic mass is 9.97. The molecule has 2 fully saturated rings. The predicted octanol–water partition coefficient (Wildman–Crippen LogP) is 0.929. The molecule has 0 aliphatic carbocycles. The van der Waals surface area contributed by atoms with Gasteiger partial charge in [0.2, 0.25) is 0 Å². The van der Waals surface area contributed by atoms with Crippen molar-refractivity contribution >= 4 is 12.0 Å². The van der Waals surface area contributed by atoms with Crippen LogP contribution in [-0.4, -0.2) is 77.1 Å². The molecule has 2 aliphatic rings. The minimum atomic E-state index is -0.774. The van der Waals surface area contributed by atoms with Crippen molar-refractivity contribution in [3.05, 3.63) is 0 Å². The van der Waals surface area contributed by atoms with Crippen LogP contribution in [0.3, 0.4) is 0 Å². The third kappa shape index (κ3) is 3.42. The standard InChI is InChI=1S/C14H25N3O3/c1-3-11(2)15-4-6-16(7-5-15)14(20)17-9-12(10-17)8-13(18)19/h11-12H,3-10H2,1-2H3,(H,18,19). The second-order valence-electron chi connectivity index (χ2n) is 5.93. The molecule has 0 bridgehead atoms. The van der Waals surface area contributed by atoms with E-state index in [4.69, 9.17) is 5.11 Å². The molecule has 2 rings (SSSR count). The van der Waals surface area contributed by atoms with Gasteiger partial charge in [-0.05, 0) is 13.3 Å².